The maximum Gasteiger partial charge on any atom is 0.272 e. The third-order valence-corrected chi connectivity index (χ3v) is 2.49. The third-order valence-electron chi connectivity index (χ3n) is 2.49. The Kier molecular flexibility index (Phi) is 3.98. The molecule has 1 amide bonds. The molecule has 9 heteroatoms. The molecule has 0 saturated carbocycles. The fourth-order valence-electron chi connectivity index (χ4n) is 1.46. The Labute approximate surface area is 109 Å². The van der Waals surface area contributed by atoms with Gasteiger partial charge in [-0.05, 0) is 19.1 Å². The zero-order valence-corrected chi connectivity index (χ0v) is 10.4. The van der Waals surface area contributed by atoms with E-state index < -0.39 is 0 Å². The molecule has 0 atom stereocenters. The van der Waals surface area contributed by atoms with E-state index in [0.717, 1.165) is 6.54 Å². The van der Waals surface area contributed by atoms with Gasteiger partial charge < -0.3 is 15.3 Å². The molecule has 0 unspecified atom stereocenters. The van der Waals surface area contributed by atoms with Gasteiger partial charge in [-0.1, -0.05) is 0 Å². The van der Waals surface area contributed by atoms with Gasteiger partial charge in [0.25, 0.3) is 5.91 Å². The van der Waals surface area contributed by atoms with Crippen molar-refractivity contribution < 1.29 is 4.79 Å². The van der Waals surface area contributed by atoms with E-state index in [1.165, 1.54) is 6.07 Å². The van der Waals surface area contributed by atoms with E-state index in [2.05, 4.69) is 31.1 Å². The summed E-state index contributed by atoms with van der Waals surface area (Å²) in [5.41, 5.74) is 2.55. The van der Waals surface area contributed by atoms with Crippen molar-refractivity contribution in [1.29, 1.82) is 0 Å². The van der Waals surface area contributed by atoms with Crippen molar-refractivity contribution in [3.05, 3.63) is 30.0 Å². The minimum Gasteiger partial charge on any atom is -0.343 e. The van der Waals surface area contributed by atoms with Crippen LogP contribution in [0.15, 0.2) is 18.5 Å². The lowest BCUT2D eigenvalue weighted by Gasteiger charge is -2.05. The Balaban J connectivity index is 1.97. The SMILES string of the molecule is CCn1cnnc1CNC(=O)c1ccc(NN)nn1. The highest BCUT2D eigenvalue weighted by atomic mass is 16.1. The smallest absolute Gasteiger partial charge is 0.272 e. The summed E-state index contributed by atoms with van der Waals surface area (Å²) in [6.45, 7) is 3.00. The van der Waals surface area contributed by atoms with E-state index in [1.54, 1.807) is 12.4 Å². The quantitative estimate of drug-likeness (QED) is 0.481. The van der Waals surface area contributed by atoms with E-state index in [4.69, 9.17) is 5.84 Å². The molecule has 0 aliphatic carbocycles. The molecule has 19 heavy (non-hydrogen) atoms. The number of hydrazine groups is 1. The van der Waals surface area contributed by atoms with Crippen LogP contribution >= 0.6 is 0 Å². The van der Waals surface area contributed by atoms with Crippen LogP contribution in [0.25, 0.3) is 0 Å². The lowest BCUT2D eigenvalue weighted by Crippen LogP contribution is -2.26. The number of nitrogen functional groups attached to an aromatic ring is 1. The Morgan fingerprint density at radius 2 is 2.21 bits per heavy atom. The molecule has 0 spiro atoms. The van der Waals surface area contributed by atoms with Crippen LogP contribution in [0.5, 0.6) is 0 Å². The number of aromatic nitrogens is 5. The molecule has 0 fully saturated rings. The summed E-state index contributed by atoms with van der Waals surface area (Å²) in [4.78, 5) is 11.8. The van der Waals surface area contributed by atoms with Crippen LogP contribution in [-0.4, -0.2) is 30.9 Å². The van der Waals surface area contributed by atoms with E-state index in [1.807, 2.05) is 11.5 Å². The highest BCUT2D eigenvalue weighted by Crippen LogP contribution is 2.00. The molecular weight excluding hydrogens is 248 g/mol. The summed E-state index contributed by atoms with van der Waals surface area (Å²) in [6, 6.07) is 3.10. The average Bonchev–Trinajstić information content (AvgIpc) is 2.92. The van der Waals surface area contributed by atoms with Crippen LogP contribution in [0.1, 0.15) is 23.2 Å². The maximum absolute atomic E-state index is 11.8. The molecular formula is C10H14N8O. The second-order valence-electron chi connectivity index (χ2n) is 3.66. The molecule has 0 aromatic carbocycles. The number of nitrogens with one attached hydrogen (secondary N) is 2. The van der Waals surface area contributed by atoms with Gasteiger partial charge >= 0.3 is 0 Å². The number of anilines is 1. The Hall–Kier alpha value is -2.55. The van der Waals surface area contributed by atoms with Crippen LogP contribution in [0.2, 0.25) is 0 Å². The summed E-state index contributed by atoms with van der Waals surface area (Å²) >= 11 is 0. The maximum atomic E-state index is 11.8. The molecule has 0 aliphatic rings. The topological polar surface area (TPSA) is 124 Å². The molecule has 9 nitrogen and oxygen atoms in total. The van der Waals surface area contributed by atoms with Crippen LogP contribution in [0, 0.1) is 0 Å². The molecule has 0 saturated heterocycles. The first-order valence-corrected chi connectivity index (χ1v) is 5.69. The first-order valence-electron chi connectivity index (χ1n) is 5.69. The number of carbonyl (C=O) groups excluding carboxylic acids is 1. The summed E-state index contributed by atoms with van der Waals surface area (Å²) in [6.07, 6.45) is 1.61. The van der Waals surface area contributed by atoms with Crippen molar-refractivity contribution in [3.8, 4) is 0 Å². The molecule has 2 rings (SSSR count). The normalized spacial score (nSPS) is 10.2. The van der Waals surface area contributed by atoms with Gasteiger partial charge in [0.05, 0.1) is 6.54 Å². The van der Waals surface area contributed by atoms with Gasteiger partial charge in [0.2, 0.25) is 0 Å². The molecule has 2 heterocycles. The summed E-state index contributed by atoms with van der Waals surface area (Å²) in [5, 5.41) is 17.9. The number of nitrogens with two attached hydrogens (primary N) is 1. The summed E-state index contributed by atoms with van der Waals surface area (Å²) in [7, 11) is 0. The predicted octanol–water partition coefficient (Wildman–Crippen LogP) is -0.696. The minimum atomic E-state index is -0.332. The van der Waals surface area contributed by atoms with Crippen molar-refractivity contribution >= 4 is 11.7 Å². The van der Waals surface area contributed by atoms with Gasteiger partial charge in [0.15, 0.2) is 17.3 Å². The Morgan fingerprint density at radius 3 is 2.84 bits per heavy atom. The van der Waals surface area contributed by atoms with Gasteiger partial charge in [0, 0.05) is 6.54 Å². The summed E-state index contributed by atoms with van der Waals surface area (Å²) in [5.74, 6) is 5.90. The van der Waals surface area contributed by atoms with Crippen LogP contribution in [0.3, 0.4) is 0 Å². The lowest BCUT2D eigenvalue weighted by atomic mass is 10.3. The fraction of sp³-hybridized carbons (Fsp3) is 0.300. The van der Waals surface area contributed by atoms with Crippen molar-refractivity contribution in [2.45, 2.75) is 20.0 Å². The second-order valence-corrected chi connectivity index (χ2v) is 3.66. The molecule has 0 bridgehead atoms. The fourth-order valence-corrected chi connectivity index (χ4v) is 1.46. The van der Waals surface area contributed by atoms with Crippen molar-refractivity contribution in [2.75, 3.05) is 5.43 Å². The standard InChI is InChI=1S/C10H14N8O/c1-2-18-6-13-17-9(18)5-12-10(19)7-3-4-8(14-11)16-15-7/h3-4,6H,2,5,11H2,1H3,(H,12,19)(H,14,16). The molecule has 100 valence electrons. The number of aryl methyl sites for hydroxylation is 1. The Bertz CT molecular complexity index is 549. The Morgan fingerprint density at radius 1 is 1.37 bits per heavy atom. The zero-order chi connectivity index (χ0) is 13.7. The van der Waals surface area contributed by atoms with Gasteiger partial charge in [-0.3, -0.25) is 4.79 Å². The largest absolute Gasteiger partial charge is 0.343 e. The van der Waals surface area contributed by atoms with Crippen molar-refractivity contribution in [2.24, 2.45) is 5.84 Å². The first kappa shape index (κ1) is 12.9. The highest BCUT2D eigenvalue weighted by Gasteiger charge is 2.09. The monoisotopic (exact) mass is 262 g/mol. The molecule has 2 aromatic heterocycles. The number of amides is 1. The first-order chi connectivity index (χ1) is 9.24. The van der Waals surface area contributed by atoms with Gasteiger partial charge in [0.1, 0.15) is 6.33 Å². The van der Waals surface area contributed by atoms with E-state index >= 15 is 0 Å². The minimum absolute atomic E-state index is 0.210. The van der Waals surface area contributed by atoms with Gasteiger partial charge in [-0.25, -0.2) is 5.84 Å². The zero-order valence-electron chi connectivity index (χ0n) is 10.4. The van der Waals surface area contributed by atoms with Gasteiger partial charge in [-0.2, -0.15) is 0 Å². The van der Waals surface area contributed by atoms with Crippen molar-refractivity contribution in [3.63, 3.8) is 0 Å². The van der Waals surface area contributed by atoms with Crippen LogP contribution in [-0.2, 0) is 13.1 Å². The predicted molar refractivity (Wildman–Crippen MR) is 66.7 cm³/mol. The second kappa shape index (κ2) is 5.87. The molecule has 0 radical (unpaired) electrons. The lowest BCUT2D eigenvalue weighted by molar-refractivity contribution is 0.0943. The highest BCUT2D eigenvalue weighted by molar-refractivity contribution is 5.92. The third kappa shape index (κ3) is 3.01. The summed E-state index contributed by atoms with van der Waals surface area (Å²) < 4.78 is 1.84. The molecule has 2 aromatic rings. The van der Waals surface area contributed by atoms with Crippen LogP contribution < -0.4 is 16.6 Å². The number of rotatable bonds is 5. The number of nitrogens with zero attached hydrogens (tertiary/aromatic N) is 5. The number of hydrogen-bond acceptors (Lipinski definition) is 7. The average molecular weight is 262 g/mol. The van der Waals surface area contributed by atoms with E-state index in [9.17, 15) is 4.79 Å². The van der Waals surface area contributed by atoms with Crippen molar-refractivity contribution in [1.82, 2.24) is 30.3 Å². The van der Waals surface area contributed by atoms with E-state index in [0.29, 0.717) is 11.6 Å². The van der Waals surface area contributed by atoms with Crippen LogP contribution in [0.4, 0.5) is 5.82 Å². The number of carbonyl (C=O) groups is 1. The van der Waals surface area contributed by atoms with Gasteiger partial charge in [-0.15, -0.1) is 20.4 Å². The molecule has 4 N–H and O–H groups in total. The number of hydrogen-bond donors (Lipinski definition) is 3. The van der Waals surface area contributed by atoms with E-state index in [-0.39, 0.29) is 18.1 Å². The molecule has 0 aliphatic heterocycles.